The topological polar surface area (TPSA) is 60.8 Å². The second-order valence-corrected chi connectivity index (χ2v) is 3.42. The molecular formula is C7H14BNO3. The van der Waals surface area contributed by atoms with Gasteiger partial charge in [-0.1, -0.05) is 6.92 Å². The SMILES string of the molecule is CB(O)N1CC[C@@H](C)[C@@H]1C(=O)O. The first-order valence-electron chi connectivity index (χ1n) is 4.20. The number of rotatable bonds is 2. The first-order valence-corrected chi connectivity index (χ1v) is 4.20. The van der Waals surface area contributed by atoms with Gasteiger partial charge in [-0.05, 0) is 25.7 Å². The first-order chi connectivity index (χ1) is 5.54. The van der Waals surface area contributed by atoms with Crippen LogP contribution in [0.1, 0.15) is 13.3 Å². The lowest BCUT2D eigenvalue weighted by molar-refractivity contribution is -0.142. The number of nitrogens with zero attached hydrogens (tertiary/aromatic N) is 1. The van der Waals surface area contributed by atoms with Crippen molar-refractivity contribution in [1.82, 2.24) is 4.81 Å². The van der Waals surface area contributed by atoms with Crippen LogP contribution in [0.4, 0.5) is 0 Å². The van der Waals surface area contributed by atoms with E-state index in [1.165, 1.54) is 0 Å². The maximum atomic E-state index is 10.8. The van der Waals surface area contributed by atoms with Crippen molar-refractivity contribution in [3.05, 3.63) is 0 Å². The van der Waals surface area contributed by atoms with Gasteiger partial charge in [0.05, 0.1) is 0 Å². The molecule has 0 aromatic carbocycles. The number of aliphatic carboxylic acids is 1. The van der Waals surface area contributed by atoms with Gasteiger partial charge in [-0.2, -0.15) is 0 Å². The Morgan fingerprint density at radius 2 is 2.25 bits per heavy atom. The van der Waals surface area contributed by atoms with Gasteiger partial charge in [0.1, 0.15) is 6.04 Å². The Bertz CT molecular complexity index is 185. The van der Waals surface area contributed by atoms with Crippen molar-refractivity contribution in [3.8, 4) is 0 Å². The standard InChI is InChI=1S/C7H14BNO3/c1-5-3-4-9(8(2)12)6(5)7(10)11/h5-6,12H,3-4H2,1-2H3,(H,10,11)/t5-,6-/m1/s1. The van der Waals surface area contributed by atoms with E-state index in [0.717, 1.165) is 6.42 Å². The van der Waals surface area contributed by atoms with Gasteiger partial charge >= 0.3 is 13.0 Å². The molecule has 1 rings (SSSR count). The predicted octanol–water partition coefficient (Wildman–Crippen LogP) is -0.108. The van der Waals surface area contributed by atoms with E-state index in [4.69, 9.17) is 5.11 Å². The Balaban J connectivity index is 2.70. The van der Waals surface area contributed by atoms with Gasteiger partial charge in [0, 0.05) is 0 Å². The largest absolute Gasteiger partial charge is 0.480 e. The lowest BCUT2D eigenvalue weighted by Crippen LogP contribution is -2.46. The van der Waals surface area contributed by atoms with Gasteiger partial charge in [-0.25, -0.2) is 0 Å². The zero-order valence-electron chi connectivity index (χ0n) is 7.40. The summed E-state index contributed by atoms with van der Waals surface area (Å²) >= 11 is 0. The van der Waals surface area contributed by atoms with Crippen molar-refractivity contribution in [2.75, 3.05) is 6.54 Å². The average Bonchev–Trinajstić information content (AvgIpc) is 2.30. The average molecular weight is 171 g/mol. The zero-order chi connectivity index (χ0) is 9.30. The van der Waals surface area contributed by atoms with Gasteiger partial charge in [-0.3, -0.25) is 4.79 Å². The Hall–Kier alpha value is -0.545. The third-order valence-corrected chi connectivity index (χ3v) is 2.47. The Labute approximate surface area is 72.3 Å². The molecule has 1 saturated heterocycles. The monoisotopic (exact) mass is 171 g/mol. The maximum absolute atomic E-state index is 10.8. The van der Waals surface area contributed by atoms with E-state index in [-0.39, 0.29) is 5.92 Å². The van der Waals surface area contributed by atoms with Crippen molar-refractivity contribution in [2.24, 2.45) is 5.92 Å². The van der Waals surface area contributed by atoms with E-state index in [1.807, 2.05) is 6.92 Å². The number of hydrogen-bond acceptors (Lipinski definition) is 3. The Morgan fingerprint density at radius 1 is 1.67 bits per heavy atom. The first kappa shape index (κ1) is 9.54. The summed E-state index contributed by atoms with van der Waals surface area (Å²) in [6, 6.07) is -0.509. The molecule has 5 heteroatoms. The van der Waals surface area contributed by atoms with E-state index < -0.39 is 19.1 Å². The number of carbonyl (C=O) groups is 1. The van der Waals surface area contributed by atoms with E-state index in [1.54, 1.807) is 11.6 Å². The van der Waals surface area contributed by atoms with Crippen molar-refractivity contribution in [2.45, 2.75) is 26.2 Å². The summed E-state index contributed by atoms with van der Waals surface area (Å²) in [4.78, 5) is 12.4. The fourth-order valence-electron chi connectivity index (χ4n) is 1.78. The maximum Gasteiger partial charge on any atom is 0.377 e. The highest BCUT2D eigenvalue weighted by atomic mass is 16.4. The van der Waals surface area contributed by atoms with Crippen LogP contribution in [0, 0.1) is 5.92 Å². The molecular weight excluding hydrogens is 157 g/mol. The van der Waals surface area contributed by atoms with E-state index in [9.17, 15) is 9.82 Å². The van der Waals surface area contributed by atoms with E-state index >= 15 is 0 Å². The molecule has 0 spiro atoms. The van der Waals surface area contributed by atoms with Crippen molar-refractivity contribution < 1.29 is 14.9 Å². The molecule has 1 aliphatic heterocycles. The number of hydrogen-bond donors (Lipinski definition) is 2. The minimum absolute atomic E-state index is 0.136. The molecule has 0 saturated carbocycles. The second-order valence-electron chi connectivity index (χ2n) is 3.42. The van der Waals surface area contributed by atoms with Crippen LogP contribution in [-0.2, 0) is 4.79 Å². The summed E-state index contributed by atoms with van der Waals surface area (Å²) in [5.41, 5.74) is 0. The van der Waals surface area contributed by atoms with Gasteiger partial charge in [0.2, 0.25) is 0 Å². The molecule has 68 valence electrons. The molecule has 1 aliphatic rings. The quantitative estimate of drug-likeness (QED) is 0.569. The van der Waals surface area contributed by atoms with Gasteiger partial charge in [0.25, 0.3) is 0 Å². The van der Waals surface area contributed by atoms with Crippen LogP contribution in [0.25, 0.3) is 0 Å². The van der Waals surface area contributed by atoms with Crippen LogP contribution in [0.3, 0.4) is 0 Å². The molecule has 0 radical (unpaired) electrons. The molecule has 0 amide bonds. The zero-order valence-corrected chi connectivity index (χ0v) is 7.40. The Kier molecular flexibility index (Phi) is 2.74. The highest BCUT2D eigenvalue weighted by molar-refractivity contribution is 6.45. The fourth-order valence-corrected chi connectivity index (χ4v) is 1.78. The minimum atomic E-state index is -0.832. The second kappa shape index (κ2) is 3.45. The molecule has 0 unspecified atom stereocenters. The molecule has 2 N–H and O–H groups in total. The molecule has 1 fully saturated rings. The summed E-state index contributed by atoms with van der Waals surface area (Å²) in [5.74, 6) is -0.696. The molecule has 1 heterocycles. The summed E-state index contributed by atoms with van der Waals surface area (Å²) < 4.78 is 0. The van der Waals surface area contributed by atoms with Crippen LogP contribution >= 0.6 is 0 Å². The number of carboxylic acid groups (broad SMARTS) is 1. The molecule has 0 aliphatic carbocycles. The summed E-state index contributed by atoms with van der Waals surface area (Å²) in [5, 5.41) is 18.1. The molecule has 4 nitrogen and oxygen atoms in total. The van der Waals surface area contributed by atoms with Gasteiger partial charge in [0.15, 0.2) is 0 Å². The third kappa shape index (κ3) is 1.62. The van der Waals surface area contributed by atoms with Gasteiger partial charge < -0.3 is 14.9 Å². The summed E-state index contributed by atoms with van der Waals surface area (Å²) in [7, 11) is -0.656. The fraction of sp³-hybridized carbons (Fsp3) is 0.857. The van der Waals surface area contributed by atoms with Crippen LogP contribution in [0.15, 0.2) is 0 Å². The lowest BCUT2D eigenvalue weighted by atomic mass is 9.83. The van der Waals surface area contributed by atoms with Crippen LogP contribution in [-0.4, -0.2) is 40.5 Å². The molecule has 0 aromatic rings. The normalized spacial score (nSPS) is 30.6. The highest BCUT2D eigenvalue weighted by Gasteiger charge is 2.39. The van der Waals surface area contributed by atoms with Crippen molar-refractivity contribution in [1.29, 1.82) is 0 Å². The Morgan fingerprint density at radius 3 is 2.58 bits per heavy atom. The lowest BCUT2D eigenvalue weighted by Gasteiger charge is -2.23. The molecule has 0 bridgehead atoms. The van der Waals surface area contributed by atoms with Gasteiger partial charge in [-0.15, -0.1) is 0 Å². The number of carboxylic acids is 1. The van der Waals surface area contributed by atoms with Crippen molar-refractivity contribution in [3.63, 3.8) is 0 Å². The van der Waals surface area contributed by atoms with Crippen LogP contribution in [0.2, 0.25) is 6.82 Å². The van der Waals surface area contributed by atoms with E-state index in [0.29, 0.717) is 6.54 Å². The molecule has 2 atom stereocenters. The summed E-state index contributed by atoms with van der Waals surface area (Å²) in [6.45, 7) is 4.19. The smallest absolute Gasteiger partial charge is 0.377 e. The van der Waals surface area contributed by atoms with Crippen LogP contribution < -0.4 is 0 Å². The predicted molar refractivity (Wildman–Crippen MR) is 45.7 cm³/mol. The van der Waals surface area contributed by atoms with Crippen molar-refractivity contribution >= 4 is 13.0 Å². The van der Waals surface area contributed by atoms with Crippen LogP contribution in [0.5, 0.6) is 0 Å². The highest BCUT2D eigenvalue weighted by Crippen LogP contribution is 2.24. The summed E-state index contributed by atoms with van der Waals surface area (Å²) in [6.07, 6.45) is 0.849. The minimum Gasteiger partial charge on any atom is -0.480 e. The molecule has 12 heavy (non-hydrogen) atoms. The van der Waals surface area contributed by atoms with E-state index in [2.05, 4.69) is 0 Å². The third-order valence-electron chi connectivity index (χ3n) is 2.47. The molecule has 0 aromatic heterocycles.